The molecule has 0 radical (unpaired) electrons. The number of nitro groups is 1. The summed E-state index contributed by atoms with van der Waals surface area (Å²) in [5.41, 5.74) is -0.343. The third-order valence-corrected chi connectivity index (χ3v) is 2.75. The highest BCUT2D eigenvalue weighted by Crippen LogP contribution is 2.26. The highest BCUT2D eigenvalue weighted by molar-refractivity contribution is 6.02. The molecule has 0 amide bonds. The Morgan fingerprint density at radius 3 is 2.57 bits per heavy atom. The molecule has 0 bridgehead atoms. The average molecular weight is 290 g/mol. The fourth-order valence-corrected chi connectivity index (χ4v) is 1.91. The van der Waals surface area contributed by atoms with E-state index in [-0.39, 0.29) is 16.8 Å². The SMILES string of the molecule is CC(C)(C)OC(=O)n1cc(C=O)c2ccc([N+](=O)[O-])cc21. The second kappa shape index (κ2) is 5.01. The molecule has 21 heavy (non-hydrogen) atoms. The number of nitrogens with zero attached hydrogens (tertiary/aromatic N) is 2. The van der Waals surface area contributed by atoms with Gasteiger partial charge in [0, 0.05) is 29.3 Å². The van der Waals surface area contributed by atoms with Crippen LogP contribution in [0.5, 0.6) is 0 Å². The summed E-state index contributed by atoms with van der Waals surface area (Å²) in [4.78, 5) is 33.5. The molecule has 0 N–H and O–H groups in total. The van der Waals surface area contributed by atoms with Crippen molar-refractivity contribution in [2.75, 3.05) is 0 Å². The van der Waals surface area contributed by atoms with E-state index in [9.17, 15) is 19.7 Å². The van der Waals surface area contributed by atoms with Crippen molar-refractivity contribution in [3.8, 4) is 0 Å². The van der Waals surface area contributed by atoms with Crippen LogP contribution in [0.4, 0.5) is 10.5 Å². The maximum Gasteiger partial charge on any atom is 0.419 e. The Kier molecular flexibility index (Phi) is 3.51. The lowest BCUT2D eigenvalue weighted by Crippen LogP contribution is -2.26. The van der Waals surface area contributed by atoms with Crippen LogP contribution in [0, 0.1) is 10.1 Å². The van der Waals surface area contributed by atoms with Gasteiger partial charge in [-0.05, 0) is 26.8 Å². The largest absolute Gasteiger partial charge is 0.443 e. The zero-order valence-electron chi connectivity index (χ0n) is 11.8. The van der Waals surface area contributed by atoms with Crippen molar-refractivity contribution in [3.63, 3.8) is 0 Å². The van der Waals surface area contributed by atoms with Crippen molar-refractivity contribution >= 4 is 29.0 Å². The number of non-ortho nitro benzene ring substituents is 1. The van der Waals surface area contributed by atoms with Gasteiger partial charge in [0.05, 0.1) is 10.4 Å². The minimum Gasteiger partial charge on any atom is -0.443 e. The molecule has 0 saturated carbocycles. The first kappa shape index (κ1) is 14.7. The second-order valence-corrected chi connectivity index (χ2v) is 5.51. The summed E-state index contributed by atoms with van der Waals surface area (Å²) in [6, 6.07) is 3.97. The lowest BCUT2D eigenvalue weighted by atomic mass is 10.2. The molecule has 0 aliphatic rings. The Bertz CT molecular complexity index is 740. The second-order valence-electron chi connectivity index (χ2n) is 5.51. The zero-order valence-corrected chi connectivity index (χ0v) is 11.8. The summed E-state index contributed by atoms with van der Waals surface area (Å²) in [7, 11) is 0. The Hall–Kier alpha value is -2.70. The van der Waals surface area contributed by atoms with E-state index in [1.165, 1.54) is 24.4 Å². The number of nitro benzene ring substituents is 1. The van der Waals surface area contributed by atoms with E-state index in [1.807, 2.05) is 0 Å². The normalized spacial score (nSPS) is 11.4. The van der Waals surface area contributed by atoms with E-state index in [4.69, 9.17) is 4.74 Å². The Morgan fingerprint density at radius 1 is 1.38 bits per heavy atom. The summed E-state index contributed by atoms with van der Waals surface area (Å²) in [6.45, 7) is 5.12. The van der Waals surface area contributed by atoms with Crippen LogP contribution in [0.25, 0.3) is 10.9 Å². The topological polar surface area (TPSA) is 91.4 Å². The lowest BCUT2D eigenvalue weighted by molar-refractivity contribution is -0.384. The monoisotopic (exact) mass is 290 g/mol. The molecule has 0 aliphatic carbocycles. The van der Waals surface area contributed by atoms with Crippen LogP contribution < -0.4 is 0 Å². The van der Waals surface area contributed by atoms with Gasteiger partial charge in [0.25, 0.3) is 5.69 Å². The van der Waals surface area contributed by atoms with Crippen LogP contribution in [-0.4, -0.2) is 27.5 Å². The molecular formula is C14H14N2O5. The number of benzene rings is 1. The molecule has 1 aromatic heterocycles. The first-order chi connectivity index (χ1) is 9.73. The van der Waals surface area contributed by atoms with E-state index >= 15 is 0 Å². The Morgan fingerprint density at radius 2 is 2.05 bits per heavy atom. The third-order valence-electron chi connectivity index (χ3n) is 2.75. The molecular weight excluding hydrogens is 276 g/mol. The number of ether oxygens (including phenoxy) is 1. The van der Waals surface area contributed by atoms with Gasteiger partial charge in [0.1, 0.15) is 5.60 Å². The summed E-state index contributed by atoms with van der Waals surface area (Å²) in [6.07, 6.45) is 1.21. The van der Waals surface area contributed by atoms with Crippen molar-refractivity contribution in [2.45, 2.75) is 26.4 Å². The van der Waals surface area contributed by atoms with Gasteiger partial charge in [0.15, 0.2) is 6.29 Å². The molecule has 1 aromatic carbocycles. The van der Waals surface area contributed by atoms with E-state index in [1.54, 1.807) is 20.8 Å². The Balaban J connectivity index is 2.62. The minimum absolute atomic E-state index is 0.164. The summed E-state index contributed by atoms with van der Waals surface area (Å²) >= 11 is 0. The van der Waals surface area contributed by atoms with Gasteiger partial charge in [-0.25, -0.2) is 4.79 Å². The number of carbonyl (C=O) groups excluding carboxylic acids is 2. The fourth-order valence-electron chi connectivity index (χ4n) is 1.91. The molecule has 2 rings (SSSR count). The smallest absolute Gasteiger partial charge is 0.419 e. The van der Waals surface area contributed by atoms with Gasteiger partial charge in [-0.15, -0.1) is 0 Å². The molecule has 2 aromatic rings. The van der Waals surface area contributed by atoms with Crippen molar-refractivity contribution in [3.05, 3.63) is 40.1 Å². The first-order valence-electron chi connectivity index (χ1n) is 6.21. The van der Waals surface area contributed by atoms with Crippen molar-refractivity contribution < 1.29 is 19.2 Å². The van der Waals surface area contributed by atoms with E-state index in [0.717, 1.165) is 4.57 Å². The summed E-state index contributed by atoms with van der Waals surface area (Å²) in [5, 5.41) is 11.3. The van der Waals surface area contributed by atoms with Crippen LogP contribution in [-0.2, 0) is 4.74 Å². The van der Waals surface area contributed by atoms with Gasteiger partial charge in [-0.2, -0.15) is 0 Å². The number of rotatable bonds is 2. The quantitative estimate of drug-likeness (QED) is 0.481. The number of hydrogen-bond acceptors (Lipinski definition) is 5. The van der Waals surface area contributed by atoms with Crippen molar-refractivity contribution in [1.82, 2.24) is 4.57 Å². The third kappa shape index (κ3) is 2.91. The van der Waals surface area contributed by atoms with Crippen LogP contribution >= 0.6 is 0 Å². The van der Waals surface area contributed by atoms with Gasteiger partial charge < -0.3 is 4.74 Å². The van der Waals surface area contributed by atoms with Gasteiger partial charge in [-0.1, -0.05) is 0 Å². The number of carbonyl (C=O) groups is 2. The molecule has 0 atom stereocenters. The number of hydrogen-bond donors (Lipinski definition) is 0. The number of fused-ring (bicyclic) bond motifs is 1. The highest BCUT2D eigenvalue weighted by atomic mass is 16.6. The summed E-state index contributed by atoms with van der Waals surface area (Å²) < 4.78 is 6.34. The van der Waals surface area contributed by atoms with Crippen LogP contribution in [0.3, 0.4) is 0 Å². The standard InChI is InChI=1S/C14H14N2O5/c1-14(2,3)21-13(18)15-7-9(8-17)11-5-4-10(16(19)20)6-12(11)15/h4-8H,1-3H3. The molecule has 0 aliphatic heterocycles. The van der Waals surface area contributed by atoms with Crippen LogP contribution in [0.15, 0.2) is 24.4 Å². The highest BCUT2D eigenvalue weighted by Gasteiger charge is 2.22. The number of aromatic nitrogens is 1. The molecule has 110 valence electrons. The lowest BCUT2D eigenvalue weighted by Gasteiger charge is -2.19. The molecule has 7 heteroatoms. The average Bonchev–Trinajstić information content (AvgIpc) is 2.74. The van der Waals surface area contributed by atoms with Gasteiger partial charge in [0.2, 0.25) is 0 Å². The maximum atomic E-state index is 12.1. The van der Waals surface area contributed by atoms with Crippen LogP contribution in [0.1, 0.15) is 31.1 Å². The van der Waals surface area contributed by atoms with E-state index in [0.29, 0.717) is 11.7 Å². The fraction of sp³-hybridized carbons (Fsp3) is 0.286. The maximum absolute atomic E-state index is 12.1. The van der Waals surface area contributed by atoms with Crippen molar-refractivity contribution in [1.29, 1.82) is 0 Å². The predicted octanol–water partition coefficient (Wildman–Crippen LogP) is 3.15. The predicted molar refractivity (Wildman–Crippen MR) is 75.6 cm³/mol. The van der Waals surface area contributed by atoms with E-state index in [2.05, 4.69) is 0 Å². The Labute approximate surface area is 120 Å². The van der Waals surface area contributed by atoms with Gasteiger partial charge in [-0.3, -0.25) is 19.5 Å². The molecule has 0 unspecified atom stereocenters. The zero-order chi connectivity index (χ0) is 15.8. The summed E-state index contributed by atoms with van der Waals surface area (Å²) in [5.74, 6) is 0. The van der Waals surface area contributed by atoms with Crippen molar-refractivity contribution in [2.24, 2.45) is 0 Å². The molecule has 7 nitrogen and oxygen atoms in total. The first-order valence-corrected chi connectivity index (χ1v) is 6.21. The molecule has 0 saturated heterocycles. The molecule has 0 spiro atoms. The van der Waals surface area contributed by atoms with Crippen LogP contribution in [0.2, 0.25) is 0 Å². The number of aldehydes is 1. The molecule has 0 fully saturated rings. The minimum atomic E-state index is -0.713. The van der Waals surface area contributed by atoms with Gasteiger partial charge >= 0.3 is 6.09 Å². The molecule has 1 heterocycles. The van der Waals surface area contributed by atoms with E-state index < -0.39 is 16.6 Å².